The molecule has 3 heterocycles. The van der Waals surface area contributed by atoms with Crippen LogP contribution in [0, 0.1) is 0 Å². The van der Waals surface area contributed by atoms with Gasteiger partial charge in [-0.1, -0.05) is 6.07 Å². The van der Waals surface area contributed by atoms with Gasteiger partial charge in [-0.15, -0.1) is 11.3 Å². The summed E-state index contributed by atoms with van der Waals surface area (Å²) < 4.78 is 5.48. The highest BCUT2D eigenvalue weighted by Crippen LogP contribution is 2.37. The van der Waals surface area contributed by atoms with Crippen molar-refractivity contribution < 1.29 is 19.4 Å². The zero-order chi connectivity index (χ0) is 21.1. The molecule has 4 rings (SSSR count). The number of benzene rings is 1. The Hall–Kier alpha value is -2.68. The first-order valence-electron chi connectivity index (χ1n) is 10.1. The van der Waals surface area contributed by atoms with Gasteiger partial charge in [-0.2, -0.15) is 0 Å². The second kappa shape index (κ2) is 8.99. The molecule has 0 aliphatic carbocycles. The molecule has 2 aliphatic rings. The molecule has 0 bridgehead atoms. The van der Waals surface area contributed by atoms with Crippen molar-refractivity contribution in [2.24, 2.45) is 0 Å². The number of carbonyl (C=O) groups excluding carboxylic acids is 2. The van der Waals surface area contributed by atoms with Gasteiger partial charge in [0.2, 0.25) is 0 Å². The average molecular weight is 428 g/mol. The van der Waals surface area contributed by atoms with E-state index in [9.17, 15) is 14.7 Å². The summed E-state index contributed by atoms with van der Waals surface area (Å²) in [5, 5.41) is 11.1. The van der Waals surface area contributed by atoms with Crippen LogP contribution >= 0.6 is 11.3 Å². The summed E-state index contributed by atoms with van der Waals surface area (Å²) in [7, 11) is 0. The maximum Gasteiger partial charge on any atom is 0.282 e. The first-order valence-corrected chi connectivity index (χ1v) is 11.0. The lowest BCUT2D eigenvalue weighted by Crippen LogP contribution is -2.48. The number of carbonyl (C=O) groups is 2. The molecule has 7 nitrogen and oxygen atoms in total. The highest BCUT2D eigenvalue weighted by Gasteiger charge is 2.43. The SMILES string of the molecule is CCOc1ccc(N2C(=O)C(c3cccs3)=C(N3CCN(CCO)CC3)C2=O)cc1. The second-order valence-corrected chi connectivity index (χ2v) is 8.07. The molecule has 0 radical (unpaired) electrons. The predicted molar refractivity (Wildman–Crippen MR) is 116 cm³/mol. The lowest BCUT2D eigenvalue weighted by atomic mass is 10.1. The van der Waals surface area contributed by atoms with Crippen LogP contribution in [0.3, 0.4) is 0 Å². The lowest BCUT2D eigenvalue weighted by Gasteiger charge is -2.36. The minimum atomic E-state index is -0.292. The predicted octanol–water partition coefficient (Wildman–Crippen LogP) is 2.04. The molecular weight excluding hydrogens is 402 g/mol. The summed E-state index contributed by atoms with van der Waals surface area (Å²) in [6.07, 6.45) is 0. The molecule has 1 fully saturated rings. The minimum Gasteiger partial charge on any atom is -0.494 e. The van der Waals surface area contributed by atoms with E-state index < -0.39 is 0 Å². The Bertz CT molecular complexity index is 932. The van der Waals surface area contributed by atoms with Gasteiger partial charge < -0.3 is 14.7 Å². The maximum absolute atomic E-state index is 13.5. The van der Waals surface area contributed by atoms with Gasteiger partial charge in [0.05, 0.1) is 24.5 Å². The normalized spacial score (nSPS) is 17.9. The summed E-state index contributed by atoms with van der Waals surface area (Å²) in [6, 6.07) is 10.8. The largest absolute Gasteiger partial charge is 0.494 e. The van der Waals surface area contributed by atoms with Crippen molar-refractivity contribution >= 4 is 34.4 Å². The van der Waals surface area contributed by atoms with Crippen LogP contribution in [0.25, 0.3) is 5.57 Å². The summed E-state index contributed by atoms with van der Waals surface area (Å²) in [5.74, 6) is 0.120. The van der Waals surface area contributed by atoms with E-state index in [0.717, 1.165) is 18.0 Å². The Morgan fingerprint density at radius 1 is 1.03 bits per heavy atom. The van der Waals surface area contributed by atoms with Crippen LogP contribution in [-0.4, -0.2) is 72.7 Å². The molecule has 2 amide bonds. The van der Waals surface area contributed by atoms with Gasteiger partial charge in [0.25, 0.3) is 11.8 Å². The van der Waals surface area contributed by atoms with Gasteiger partial charge in [0.15, 0.2) is 0 Å². The van der Waals surface area contributed by atoms with Crippen LogP contribution in [0.15, 0.2) is 47.5 Å². The summed E-state index contributed by atoms with van der Waals surface area (Å²) in [6.45, 7) is 5.96. The van der Waals surface area contributed by atoms with Gasteiger partial charge in [-0.05, 0) is 42.6 Å². The van der Waals surface area contributed by atoms with Gasteiger partial charge in [-0.3, -0.25) is 14.5 Å². The highest BCUT2D eigenvalue weighted by molar-refractivity contribution is 7.11. The molecular formula is C22H25N3O4S. The number of rotatable bonds is 7. The van der Waals surface area contributed by atoms with Crippen molar-refractivity contribution in [1.82, 2.24) is 9.80 Å². The van der Waals surface area contributed by atoms with E-state index in [0.29, 0.717) is 48.9 Å². The molecule has 0 atom stereocenters. The molecule has 1 aromatic carbocycles. The molecule has 1 N–H and O–H groups in total. The third-order valence-corrected chi connectivity index (χ3v) is 6.23. The number of ether oxygens (including phenoxy) is 1. The number of imide groups is 1. The Morgan fingerprint density at radius 2 is 1.77 bits per heavy atom. The van der Waals surface area contributed by atoms with Crippen molar-refractivity contribution in [3.05, 3.63) is 52.4 Å². The van der Waals surface area contributed by atoms with E-state index in [1.807, 2.05) is 29.3 Å². The molecule has 8 heteroatoms. The number of β-amino-alcohol motifs (C(OH)–C–C–N with tert-alkyl or cyclic N) is 1. The quantitative estimate of drug-likeness (QED) is 0.682. The number of anilines is 1. The fourth-order valence-corrected chi connectivity index (χ4v) is 4.65. The third kappa shape index (κ3) is 3.86. The monoisotopic (exact) mass is 427 g/mol. The standard InChI is InChI=1S/C22H25N3O4S/c1-2-29-17-7-5-16(6-8-17)25-21(27)19(18-4-3-15-30-18)20(22(25)28)24-11-9-23(10-12-24)13-14-26/h3-8,15,26H,2,9-14H2,1H3. The Labute approximate surface area is 179 Å². The van der Waals surface area contributed by atoms with E-state index >= 15 is 0 Å². The number of aliphatic hydroxyl groups is 1. The molecule has 0 unspecified atom stereocenters. The van der Waals surface area contributed by atoms with Crippen molar-refractivity contribution in [2.45, 2.75) is 6.92 Å². The molecule has 158 valence electrons. The third-order valence-electron chi connectivity index (χ3n) is 5.34. The number of thiophene rings is 1. The summed E-state index contributed by atoms with van der Waals surface area (Å²) in [4.78, 5) is 33.1. The van der Waals surface area contributed by atoms with Crippen LogP contribution in [0.5, 0.6) is 5.75 Å². The number of hydrogen-bond donors (Lipinski definition) is 1. The maximum atomic E-state index is 13.5. The molecule has 2 aromatic rings. The zero-order valence-electron chi connectivity index (χ0n) is 16.9. The fourth-order valence-electron chi connectivity index (χ4n) is 3.88. The van der Waals surface area contributed by atoms with Crippen LogP contribution in [0.1, 0.15) is 11.8 Å². The topological polar surface area (TPSA) is 73.3 Å². The van der Waals surface area contributed by atoms with E-state index in [1.165, 1.54) is 16.2 Å². The highest BCUT2D eigenvalue weighted by atomic mass is 32.1. The summed E-state index contributed by atoms with van der Waals surface area (Å²) >= 11 is 1.46. The van der Waals surface area contributed by atoms with Crippen LogP contribution < -0.4 is 9.64 Å². The average Bonchev–Trinajstić information content (AvgIpc) is 3.36. The molecule has 30 heavy (non-hydrogen) atoms. The molecule has 2 aliphatic heterocycles. The van der Waals surface area contributed by atoms with Crippen molar-refractivity contribution in [2.75, 3.05) is 50.8 Å². The second-order valence-electron chi connectivity index (χ2n) is 7.13. The minimum absolute atomic E-state index is 0.117. The Morgan fingerprint density at radius 3 is 2.37 bits per heavy atom. The smallest absolute Gasteiger partial charge is 0.282 e. The van der Waals surface area contributed by atoms with E-state index in [2.05, 4.69) is 4.90 Å². The molecule has 0 saturated carbocycles. The molecule has 1 aromatic heterocycles. The molecule has 1 saturated heterocycles. The van der Waals surface area contributed by atoms with Crippen molar-refractivity contribution in [3.63, 3.8) is 0 Å². The molecule has 0 spiro atoms. The van der Waals surface area contributed by atoms with E-state index in [1.54, 1.807) is 24.3 Å². The van der Waals surface area contributed by atoms with E-state index in [-0.39, 0.29) is 18.4 Å². The van der Waals surface area contributed by atoms with Crippen molar-refractivity contribution in [3.8, 4) is 5.75 Å². The number of amides is 2. The van der Waals surface area contributed by atoms with Crippen LogP contribution in [0.4, 0.5) is 5.69 Å². The fraction of sp³-hybridized carbons (Fsp3) is 0.364. The Kier molecular flexibility index (Phi) is 6.17. The van der Waals surface area contributed by atoms with Gasteiger partial charge >= 0.3 is 0 Å². The number of hydrogen-bond acceptors (Lipinski definition) is 7. The van der Waals surface area contributed by atoms with Gasteiger partial charge in [0, 0.05) is 37.6 Å². The first kappa shape index (κ1) is 20.6. The summed E-state index contributed by atoms with van der Waals surface area (Å²) in [5.41, 5.74) is 1.48. The number of nitrogens with zero attached hydrogens (tertiary/aromatic N) is 3. The van der Waals surface area contributed by atoms with Crippen LogP contribution in [-0.2, 0) is 9.59 Å². The lowest BCUT2D eigenvalue weighted by molar-refractivity contribution is -0.120. The number of aliphatic hydroxyl groups excluding tert-OH is 1. The zero-order valence-corrected chi connectivity index (χ0v) is 17.7. The van der Waals surface area contributed by atoms with Crippen molar-refractivity contribution in [1.29, 1.82) is 0 Å². The van der Waals surface area contributed by atoms with Crippen LogP contribution in [0.2, 0.25) is 0 Å². The number of piperazine rings is 1. The van der Waals surface area contributed by atoms with Gasteiger partial charge in [0.1, 0.15) is 11.4 Å². The van der Waals surface area contributed by atoms with E-state index in [4.69, 9.17) is 4.74 Å². The van der Waals surface area contributed by atoms with Gasteiger partial charge in [-0.25, -0.2) is 4.90 Å². The first-order chi connectivity index (χ1) is 14.6. The Balaban J connectivity index is 1.65.